The molecule has 2 aromatic rings. The van der Waals surface area contributed by atoms with Crippen molar-refractivity contribution < 1.29 is 24.2 Å². The molecule has 4 N–H and O–H groups in total. The van der Waals surface area contributed by atoms with Crippen LogP contribution in [-0.4, -0.2) is 47.2 Å². The number of rotatable bonds is 9. The maximum Gasteiger partial charge on any atom is 0.408 e. The quantitative estimate of drug-likeness (QED) is 0.447. The summed E-state index contributed by atoms with van der Waals surface area (Å²) in [6.07, 6.45) is 3.63. The Balaban J connectivity index is 1.17. The number of aromatic nitrogens is 1. The number of carboxylic acids is 1. The first-order valence-electron chi connectivity index (χ1n) is 11.7. The van der Waals surface area contributed by atoms with Gasteiger partial charge in [-0.3, -0.25) is 4.79 Å². The Morgan fingerprint density at radius 1 is 1.15 bits per heavy atom. The van der Waals surface area contributed by atoms with Crippen molar-refractivity contribution in [1.82, 2.24) is 15.6 Å². The van der Waals surface area contributed by atoms with Crippen molar-refractivity contribution in [2.45, 2.75) is 44.8 Å². The fourth-order valence-electron chi connectivity index (χ4n) is 4.35. The normalized spacial score (nSPS) is 19.5. The van der Waals surface area contributed by atoms with Gasteiger partial charge in [-0.25, -0.2) is 14.6 Å². The minimum atomic E-state index is -1.27. The first kappa shape index (κ1) is 23.5. The standard InChI is InChI=1S/C25H30N4O5/c30-23(19-11-17(12-19)13-20-9-8-18-7-4-10-26-22(18)28-20)27-14-21(24(31)32)29-25(33)34-15-16-5-2-1-3-6-16/h1-3,5-6,8-9,17,19,21H,4,7,10-15H2,(H,26,28)(H,27,30)(H,29,33)(H,31,32)/t17?,19?,21-/m0/s1. The summed E-state index contributed by atoms with van der Waals surface area (Å²) in [6.45, 7) is 0.782. The second kappa shape index (κ2) is 11.0. The zero-order chi connectivity index (χ0) is 23.9. The van der Waals surface area contributed by atoms with E-state index in [1.807, 2.05) is 18.2 Å². The number of hydrogen-bond acceptors (Lipinski definition) is 6. The van der Waals surface area contributed by atoms with Crippen LogP contribution < -0.4 is 16.0 Å². The summed E-state index contributed by atoms with van der Waals surface area (Å²) in [5, 5.41) is 17.7. The molecule has 0 saturated heterocycles. The van der Waals surface area contributed by atoms with Crippen LogP contribution in [0.25, 0.3) is 0 Å². The summed E-state index contributed by atoms with van der Waals surface area (Å²) in [7, 11) is 0. The molecule has 2 aliphatic rings. The summed E-state index contributed by atoms with van der Waals surface area (Å²) < 4.78 is 5.06. The molecular weight excluding hydrogens is 436 g/mol. The molecule has 1 fully saturated rings. The fraction of sp³-hybridized carbons (Fsp3) is 0.440. The van der Waals surface area contributed by atoms with E-state index < -0.39 is 18.1 Å². The van der Waals surface area contributed by atoms with E-state index in [9.17, 15) is 19.5 Å². The first-order chi connectivity index (χ1) is 16.5. The number of hydrogen-bond donors (Lipinski definition) is 4. The number of carbonyl (C=O) groups is 3. The zero-order valence-electron chi connectivity index (χ0n) is 19.0. The second-order valence-corrected chi connectivity index (χ2v) is 8.92. The third kappa shape index (κ3) is 6.24. The van der Waals surface area contributed by atoms with Crippen molar-refractivity contribution in [2.24, 2.45) is 11.8 Å². The van der Waals surface area contributed by atoms with Gasteiger partial charge >= 0.3 is 12.1 Å². The highest BCUT2D eigenvalue weighted by atomic mass is 16.5. The SMILES string of the molecule is O=C(N[C@@H](CNC(=O)C1CC(Cc2ccc3c(n2)NCCC3)C1)C(=O)O)OCc1ccccc1. The lowest BCUT2D eigenvalue weighted by Gasteiger charge is -2.34. The number of nitrogens with zero attached hydrogens (tertiary/aromatic N) is 1. The average Bonchev–Trinajstić information content (AvgIpc) is 2.82. The highest BCUT2D eigenvalue weighted by Crippen LogP contribution is 2.36. The molecule has 1 aliphatic carbocycles. The van der Waals surface area contributed by atoms with Crippen LogP contribution in [0.3, 0.4) is 0 Å². The maximum absolute atomic E-state index is 12.5. The van der Waals surface area contributed by atoms with Gasteiger partial charge in [0.05, 0.1) is 0 Å². The van der Waals surface area contributed by atoms with Crippen LogP contribution in [0.1, 0.15) is 36.1 Å². The van der Waals surface area contributed by atoms with Crippen molar-refractivity contribution in [3.8, 4) is 0 Å². The number of ether oxygens (including phenoxy) is 1. The summed E-state index contributed by atoms with van der Waals surface area (Å²) >= 11 is 0. The number of fused-ring (bicyclic) bond motifs is 1. The fourth-order valence-corrected chi connectivity index (χ4v) is 4.35. The van der Waals surface area contributed by atoms with E-state index in [1.54, 1.807) is 12.1 Å². The van der Waals surface area contributed by atoms with E-state index in [2.05, 4.69) is 28.1 Å². The lowest BCUT2D eigenvalue weighted by molar-refractivity contribution is -0.139. The maximum atomic E-state index is 12.5. The summed E-state index contributed by atoms with van der Waals surface area (Å²) in [5.41, 5.74) is 3.08. The highest BCUT2D eigenvalue weighted by Gasteiger charge is 2.35. The first-order valence-corrected chi connectivity index (χ1v) is 11.7. The number of carbonyl (C=O) groups excluding carboxylic acids is 2. The zero-order valence-corrected chi connectivity index (χ0v) is 19.0. The number of nitrogens with one attached hydrogen (secondary N) is 3. The van der Waals surface area contributed by atoms with Gasteiger partial charge in [0.15, 0.2) is 0 Å². The molecule has 0 spiro atoms. The molecule has 9 nitrogen and oxygen atoms in total. The minimum Gasteiger partial charge on any atom is -0.480 e. The van der Waals surface area contributed by atoms with E-state index >= 15 is 0 Å². The average molecular weight is 467 g/mol. The Hall–Kier alpha value is -3.62. The molecule has 1 aliphatic heterocycles. The molecule has 180 valence electrons. The minimum absolute atomic E-state index is 0.0317. The molecule has 1 aromatic carbocycles. The van der Waals surface area contributed by atoms with Crippen molar-refractivity contribution >= 4 is 23.8 Å². The Kier molecular flexibility index (Phi) is 7.61. The Morgan fingerprint density at radius 3 is 2.71 bits per heavy atom. The van der Waals surface area contributed by atoms with Crippen molar-refractivity contribution in [3.05, 3.63) is 59.3 Å². The van der Waals surface area contributed by atoms with Crippen LogP contribution in [0.15, 0.2) is 42.5 Å². The molecule has 0 unspecified atom stereocenters. The number of alkyl carbamates (subject to hydrolysis) is 1. The number of benzene rings is 1. The molecule has 1 aromatic heterocycles. The van der Waals surface area contributed by atoms with E-state index in [1.165, 1.54) is 5.56 Å². The van der Waals surface area contributed by atoms with Crippen LogP contribution in [0, 0.1) is 11.8 Å². The van der Waals surface area contributed by atoms with Gasteiger partial charge in [0.25, 0.3) is 0 Å². The van der Waals surface area contributed by atoms with Gasteiger partial charge in [-0.2, -0.15) is 0 Å². The second-order valence-electron chi connectivity index (χ2n) is 8.92. The van der Waals surface area contributed by atoms with Crippen LogP contribution >= 0.6 is 0 Å². The molecule has 9 heteroatoms. The Bertz CT molecular complexity index is 1020. The molecule has 0 radical (unpaired) electrons. The molecule has 2 heterocycles. The van der Waals surface area contributed by atoms with Gasteiger partial charge < -0.3 is 25.8 Å². The lowest BCUT2D eigenvalue weighted by Crippen LogP contribution is -2.50. The van der Waals surface area contributed by atoms with Crippen molar-refractivity contribution in [2.75, 3.05) is 18.4 Å². The number of aliphatic carboxylic acids is 1. The number of amides is 2. The van der Waals surface area contributed by atoms with E-state index in [4.69, 9.17) is 9.72 Å². The topological polar surface area (TPSA) is 130 Å². The lowest BCUT2D eigenvalue weighted by atomic mass is 9.72. The van der Waals surface area contributed by atoms with Crippen LogP contribution in [0.2, 0.25) is 0 Å². The third-order valence-corrected chi connectivity index (χ3v) is 6.34. The predicted molar refractivity (Wildman–Crippen MR) is 125 cm³/mol. The monoisotopic (exact) mass is 466 g/mol. The number of aryl methyl sites for hydroxylation is 1. The molecule has 34 heavy (non-hydrogen) atoms. The smallest absolute Gasteiger partial charge is 0.408 e. The molecule has 1 atom stereocenters. The van der Waals surface area contributed by atoms with Crippen LogP contribution in [0.4, 0.5) is 10.6 Å². The predicted octanol–water partition coefficient (Wildman–Crippen LogP) is 2.50. The summed E-state index contributed by atoms with van der Waals surface area (Å²) in [4.78, 5) is 40.6. The van der Waals surface area contributed by atoms with E-state index in [0.29, 0.717) is 5.92 Å². The van der Waals surface area contributed by atoms with E-state index in [0.717, 1.165) is 55.7 Å². The van der Waals surface area contributed by atoms with Gasteiger partial charge in [-0.1, -0.05) is 36.4 Å². The number of anilines is 1. The van der Waals surface area contributed by atoms with Gasteiger partial charge in [0.1, 0.15) is 18.5 Å². The molecular formula is C25H30N4O5. The molecule has 2 amide bonds. The van der Waals surface area contributed by atoms with Gasteiger partial charge in [0.2, 0.25) is 5.91 Å². The number of carboxylic acid groups (broad SMARTS) is 1. The third-order valence-electron chi connectivity index (χ3n) is 6.34. The Labute approximate surface area is 198 Å². The van der Waals surface area contributed by atoms with Crippen molar-refractivity contribution in [3.63, 3.8) is 0 Å². The van der Waals surface area contributed by atoms with Crippen LogP contribution in [0.5, 0.6) is 0 Å². The largest absolute Gasteiger partial charge is 0.480 e. The summed E-state index contributed by atoms with van der Waals surface area (Å²) in [6, 6.07) is 12.0. The van der Waals surface area contributed by atoms with E-state index in [-0.39, 0.29) is 25.0 Å². The highest BCUT2D eigenvalue weighted by molar-refractivity contribution is 5.83. The van der Waals surface area contributed by atoms with Gasteiger partial charge in [-0.05, 0) is 55.2 Å². The summed E-state index contributed by atoms with van der Waals surface area (Å²) in [5.74, 6) is -0.226. The Morgan fingerprint density at radius 2 is 1.94 bits per heavy atom. The van der Waals surface area contributed by atoms with Crippen LogP contribution in [-0.2, 0) is 33.8 Å². The van der Waals surface area contributed by atoms with Gasteiger partial charge in [0, 0.05) is 24.7 Å². The molecule has 1 saturated carbocycles. The van der Waals surface area contributed by atoms with Crippen molar-refractivity contribution in [1.29, 1.82) is 0 Å². The molecule has 0 bridgehead atoms. The van der Waals surface area contributed by atoms with Gasteiger partial charge in [-0.15, -0.1) is 0 Å². The number of pyridine rings is 1. The molecule has 4 rings (SSSR count).